The Balaban J connectivity index is 2.19. The molecule has 1 aromatic carbocycles. The average Bonchev–Trinajstić information content (AvgIpc) is 3.07. The van der Waals surface area contributed by atoms with E-state index in [4.69, 9.17) is 14.2 Å². The van der Waals surface area contributed by atoms with Crippen LogP contribution in [0.3, 0.4) is 0 Å². The molecule has 0 N–H and O–H groups in total. The minimum Gasteiger partial charge on any atom is -0.490 e. The zero-order chi connectivity index (χ0) is 25.6. The second-order valence-corrected chi connectivity index (χ2v) is 10.8. The Kier molecular flexibility index (Phi) is 10.1. The van der Waals surface area contributed by atoms with E-state index < -0.39 is 5.79 Å². The van der Waals surface area contributed by atoms with Crippen LogP contribution in [0.2, 0.25) is 0 Å². The molecule has 34 heavy (non-hydrogen) atoms. The van der Waals surface area contributed by atoms with E-state index in [0.29, 0.717) is 18.4 Å². The summed E-state index contributed by atoms with van der Waals surface area (Å²) in [5.74, 6) is 1.86. The van der Waals surface area contributed by atoms with Gasteiger partial charge in [-0.2, -0.15) is 0 Å². The van der Waals surface area contributed by atoms with E-state index in [-0.39, 0.29) is 29.8 Å². The van der Waals surface area contributed by atoms with Gasteiger partial charge in [-0.1, -0.05) is 59.4 Å². The largest absolute Gasteiger partial charge is 0.490 e. The van der Waals surface area contributed by atoms with Gasteiger partial charge >= 0.3 is 0 Å². The first kappa shape index (κ1) is 28.3. The van der Waals surface area contributed by atoms with Crippen LogP contribution in [0.15, 0.2) is 36.9 Å². The Morgan fingerprint density at radius 3 is 2.41 bits per heavy atom. The maximum atomic E-state index is 12.5. The molecule has 5 atom stereocenters. The molecule has 1 aliphatic heterocycles. The number of hydrogen-bond donors (Lipinski definition) is 0. The van der Waals surface area contributed by atoms with Gasteiger partial charge in [-0.3, -0.25) is 4.79 Å². The molecule has 4 nitrogen and oxygen atoms in total. The lowest BCUT2D eigenvalue weighted by molar-refractivity contribution is -0.149. The highest BCUT2D eigenvalue weighted by atomic mass is 16.8. The summed E-state index contributed by atoms with van der Waals surface area (Å²) in [5, 5.41) is 0. The molecule has 0 amide bonds. The van der Waals surface area contributed by atoms with Crippen molar-refractivity contribution < 1.29 is 19.0 Å². The third-order valence-corrected chi connectivity index (χ3v) is 6.98. The summed E-state index contributed by atoms with van der Waals surface area (Å²) in [6.07, 6.45) is 8.09. The first-order valence-electron chi connectivity index (χ1n) is 12.8. The quantitative estimate of drug-likeness (QED) is 0.232. The van der Waals surface area contributed by atoms with Crippen LogP contribution in [0.4, 0.5) is 0 Å². The van der Waals surface area contributed by atoms with Crippen molar-refractivity contribution in [3.05, 3.63) is 53.6 Å². The van der Waals surface area contributed by atoms with Crippen molar-refractivity contribution in [2.75, 3.05) is 6.61 Å². The van der Waals surface area contributed by atoms with E-state index in [9.17, 15) is 4.79 Å². The SMILES string of the molecule is C=CCOc1cc(C)c(C(C)=O)c(C(C)CCC2OC(C)(C)OC2C(C)/C=C\[C@@H](C)C(C)C)c1. The first-order chi connectivity index (χ1) is 15.9. The lowest BCUT2D eigenvalue weighted by atomic mass is 9.85. The highest BCUT2D eigenvalue weighted by Gasteiger charge is 2.43. The molecular formula is C30H46O4. The molecule has 0 aromatic heterocycles. The Hall–Kier alpha value is -1.91. The molecule has 0 radical (unpaired) electrons. The van der Waals surface area contributed by atoms with E-state index in [0.717, 1.165) is 35.3 Å². The standard InChI is InChI=1S/C30H46O4/c1-11-16-32-25-17-23(7)28(24(8)31)26(18-25)21(5)14-15-27-29(34-30(9,10)33-27)22(6)13-12-20(4)19(2)3/h11-13,17-22,27,29H,1,14-16H2,2-10H3/b13-12-/t20-,21?,22?,27?,29?/m1/s1. The van der Waals surface area contributed by atoms with Gasteiger partial charge in [0.2, 0.25) is 0 Å². The minimum atomic E-state index is -0.593. The van der Waals surface area contributed by atoms with Gasteiger partial charge in [-0.25, -0.2) is 0 Å². The fraction of sp³-hybridized carbons (Fsp3) is 0.633. The van der Waals surface area contributed by atoms with Crippen molar-refractivity contribution in [3.63, 3.8) is 0 Å². The molecule has 0 bridgehead atoms. The molecule has 1 saturated heterocycles. The number of aryl methyl sites for hydroxylation is 1. The van der Waals surface area contributed by atoms with Crippen molar-refractivity contribution in [2.24, 2.45) is 17.8 Å². The number of rotatable bonds is 12. The summed E-state index contributed by atoms with van der Waals surface area (Å²) in [6.45, 7) is 22.9. The fourth-order valence-electron chi connectivity index (χ4n) is 4.67. The highest BCUT2D eigenvalue weighted by Crippen LogP contribution is 2.38. The van der Waals surface area contributed by atoms with Crippen molar-refractivity contribution in [3.8, 4) is 5.75 Å². The maximum Gasteiger partial charge on any atom is 0.163 e. The van der Waals surface area contributed by atoms with Crippen LogP contribution in [0.1, 0.15) is 95.6 Å². The van der Waals surface area contributed by atoms with Crippen LogP contribution in [0.25, 0.3) is 0 Å². The maximum absolute atomic E-state index is 12.5. The van der Waals surface area contributed by atoms with Crippen LogP contribution >= 0.6 is 0 Å². The highest BCUT2D eigenvalue weighted by molar-refractivity contribution is 5.97. The number of allylic oxidation sites excluding steroid dienone is 1. The monoisotopic (exact) mass is 470 g/mol. The molecule has 190 valence electrons. The number of Topliss-reactive ketones (excluding diaryl/α,β-unsaturated/α-hetero) is 1. The Bertz CT molecular complexity index is 867. The number of carbonyl (C=O) groups is 1. The number of hydrogen-bond acceptors (Lipinski definition) is 4. The van der Waals surface area contributed by atoms with Crippen LogP contribution < -0.4 is 4.74 Å². The van der Waals surface area contributed by atoms with Crippen LogP contribution in [0, 0.1) is 24.7 Å². The van der Waals surface area contributed by atoms with Crippen LogP contribution in [-0.4, -0.2) is 30.4 Å². The summed E-state index contributed by atoms with van der Waals surface area (Å²) in [7, 11) is 0. The zero-order valence-corrected chi connectivity index (χ0v) is 22.8. The minimum absolute atomic E-state index is 0.00790. The number of carbonyl (C=O) groups excluding carboxylic acids is 1. The third kappa shape index (κ3) is 7.55. The lowest BCUT2D eigenvalue weighted by Gasteiger charge is -2.24. The molecular weight excluding hydrogens is 424 g/mol. The lowest BCUT2D eigenvalue weighted by Crippen LogP contribution is -2.29. The molecule has 2 rings (SSSR count). The molecule has 1 heterocycles. The fourth-order valence-corrected chi connectivity index (χ4v) is 4.67. The van der Waals surface area contributed by atoms with Crippen molar-refractivity contribution >= 4 is 5.78 Å². The van der Waals surface area contributed by atoms with Crippen LogP contribution in [-0.2, 0) is 9.47 Å². The second kappa shape index (κ2) is 12.2. The van der Waals surface area contributed by atoms with Gasteiger partial charge in [-0.15, -0.1) is 0 Å². The average molecular weight is 471 g/mol. The van der Waals surface area contributed by atoms with E-state index in [1.807, 2.05) is 32.9 Å². The topological polar surface area (TPSA) is 44.8 Å². The summed E-state index contributed by atoms with van der Waals surface area (Å²) >= 11 is 0. The molecule has 1 aliphatic rings. The van der Waals surface area contributed by atoms with Gasteiger partial charge in [-0.05, 0) is 81.5 Å². The van der Waals surface area contributed by atoms with Gasteiger partial charge < -0.3 is 14.2 Å². The summed E-state index contributed by atoms with van der Waals surface area (Å²) in [4.78, 5) is 12.5. The number of ketones is 1. The van der Waals surface area contributed by atoms with Crippen LogP contribution in [0.5, 0.6) is 5.75 Å². The van der Waals surface area contributed by atoms with E-state index in [1.165, 1.54) is 0 Å². The smallest absolute Gasteiger partial charge is 0.163 e. The van der Waals surface area contributed by atoms with E-state index in [1.54, 1.807) is 13.0 Å². The number of ether oxygens (including phenoxy) is 3. The molecule has 1 aromatic rings. The molecule has 4 heteroatoms. The Labute approximate surface area is 207 Å². The van der Waals surface area contributed by atoms with Gasteiger partial charge in [0.15, 0.2) is 11.6 Å². The van der Waals surface area contributed by atoms with Gasteiger partial charge in [0.05, 0.1) is 12.2 Å². The molecule has 0 aliphatic carbocycles. The summed E-state index contributed by atoms with van der Waals surface area (Å²) in [6, 6.07) is 3.96. The normalized spacial score (nSPS) is 22.6. The van der Waals surface area contributed by atoms with Crippen molar-refractivity contribution in [2.45, 2.75) is 99.1 Å². The summed E-state index contributed by atoms with van der Waals surface area (Å²) in [5.41, 5.74) is 2.80. The van der Waals surface area contributed by atoms with E-state index >= 15 is 0 Å². The van der Waals surface area contributed by atoms with Crippen molar-refractivity contribution in [1.29, 1.82) is 0 Å². The van der Waals surface area contributed by atoms with Gasteiger partial charge in [0.1, 0.15) is 12.4 Å². The zero-order valence-electron chi connectivity index (χ0n) is 22.8. The number of benzene rings is 1. The Morgan fingerprint density at radius 1 is 1.15 bits per heavy atom. The van der Waals surface area contributed by atoms with Gasteiger partial charge in [0.25, 0.3) is 0 Å². The molecule has 0 spiro atoms. The van der Waals surface area contributed by atoms with E-state index in [2.05, 4.69) is 53.3 Å². The van der Waals surface area contributed by atoms with Gasteiger partial charge in [0, 0.05) is 11.5 Å². The molecule has 0 saturated carbocycles. The van der Waals surface area contributed by atoms with Crippen molar-refractivity contribution in [1.82, 2.24) is 0 Å². The molecule has 1 fully saturated rings. The first-order valence-corrected chi connectivity index (χ1v) is 12.8. The second-order valence-electron chi connectivity index (χ2n) is 10.8. The Morgan fingerprint density at radius 2 is 1.82 bits per heavy atom. The summed E-state index contributed by atoms with van der Waals surface area (Å²) < 4.78 is 18.5. The predicted octanol–water partition coefficient (Wildman–Crippen LogP) is 7.65. The predicted molar refractivity (Wildman–Crippen MR) is 141 cm³/mol. The third-order valence-electron chi connectivity index (χ3n) is 6.98. The molecule has 4 unspecified atom stereocenters.